The van der Waals surface area contributed by atoms with Crippen LogP contribution >= 0.6 is 15.9 Å². The molecule has 2 aromatic carbocycles. The molecule has 100 valence electrons. The van der Waals surface area contributed by atoms with Crippen LogP contribution < -0.4 is 5.73 Å². The predicted octanol–water partition coefficient (Wildman–Crippen LogP) is 3.14. The first-order valence-corrected chi connectivity index (χ1v) is 7.86. The Bertz CT molecular complexity index is 696. The maximum absolute atomic E-state index is 13.1. The first kappa shape index (κ1) is 14.0. The number of rotatable bonds is 3. The van der Waals surface area contributed by atoms with Crippen molar-refractivity contribution in [3.05, 3.63) is 58.3 Å². The van der Waals surface area contributed by atoms with Crippen LogP contribution in [0.25, 0.3) is 0 Å². The van der Waals surface area contributed by atoms with Gasteiger partial charge in [-0.25, -0.2) is 12.8 Å². The number of hydrogen-bond acceptors (Lipinski definition) is 3. The van der Waals surface area contributed by atoms with E-state index in [9.17, 15) is 12.8 Å². The molecule has 2 aromatic rings. The molecule has 0 radical (unpaired) electrons. The predicted molar refractivity (Wildman–Crippen MR) is 75.8 cm³/mol. The Morgan fingerprint density at radius 3 is 2.47 bits per heavy atom. The topological polar surface area (TPSA) is 60.2 Å². The van der Waals surface area contributed by atoms with Crippen molar-refractivity contribution in [2.24, 2.45) is 0 Å². The third-order valence-corrected chi connectivity index (χ3v) is 5.03. The zero-order valence-electron chi connectivity index (χ0n) is 9.81. The van der Waals surface area contributed by atoms with E-state index in [0.717, 1.165) is 6.07 Å². The molecule has 2 N–H and O–H groups in total. The summed E-state index contributed by atoms with van der Waals surface area (Å²) in [5.41, 5.74) is 6.63. The second-order valence-electron chi connectivity index (χ2n) is 4.02. The molecule has 19 heavy (non-hydrogen) atoms. The SMILES string of the molecule is Nc1cccc(Br)c1CS(=O)(=O)c1cccc(F)c1. The number of sulfone groups is 1. The summed E-state index contributed by atoms with van der Waals surface area (Å²) in [5.74, 6) is -0.856. The maximum Gasteiger partial charge on any atom is 0.182 e. The van der Waals surface area contributed by atoms with Crippen molar-refractivity contribution in [1.29, 1.82) is 0 Å². The van der Waals surface area contributed by atoms with E-state index in [1.54, 1.807) is 18.2 Å². The molecule has 0 fully saturated rings. The lowest BCUT2D eigenvalue weighted by Crippen LogP contribution is -2.08. The monoisotopic (exact) mass is 343 g/mol. The average Bonchev–Trinajstić information content (AvgIpc) is 2.34. The fourth-order valence-corrected chi connectivity index (χ4v) is 3.82. The highest BCUT2D eigenvalue weighted by atomic mass is 79.9. The molecular formula is C13H11BrFNO2S. The van der Waals surface area contributed by atoms with Gasteiger partial charge in [0.05, 0.1) is 10.6 Å². The van der Waals surface area contributed by atoms with Gasteiger partial charge in [-0.15, -0.1) is 0 Å². The number of nitrogens with two attached hydrogens (primary N) is 1. The van der Waals surface area contributed by atoms with Crippen molar-refractivity contribution in [3.8, 4) is 0 Å². The molecule has 3 nitrogen and oxygen atoms in total. The third-order valence-electron chi connectivity index (χ3n) is 2.64. The van der Waals surface area contributed by atoms with Crippen molar-refractivity contribution in [1.82, 2.24) is 0 Å². The van der Waals surface area contributed by atoms with Crippen molar-refractivity contribution < 1.29 is 12.8 Å². The minimum Gasteiger partial charge on any atom is -0.398 e. The molecule has 0 spiro atoms. The lowest BCUT2D eigenvalue weighted by Gasteiger charge is -2.09. The van der Waals surface area contributed by atoms with Crippen LogP contribution in [-0.4, -0.2) is 8.42 Å². The van der Waals surface area contributed by atoms with Gasteiger partial charge in [0.1, 0.15) is 5.82 Å². The van der Waals surface area contributed by atoms with Crippen LogP contribution in [0.1, 0.15) is 5.56 Å². The van der Waals surface area contributed by atoms with Crippen LogP contribution in [0.15, 0.2) is 51.8 Å². The average molecular weight is 344 g/mol. The largest absolute Gasteiger partial charge is 0.398 e. The molecule has 0 saturated heterocycles. The van der Waals surface area contributed by atoms with Crippen LogP contribution in [0, 0.1) is 5.82 Å². The maximum atomic E-state index is 13.1. The zero-order chi connectivity index (χ0) is 14.0. The van der Waals surface area contributed by atoms with Gasteiger partial charge in [-0.3, -0.25) is 0 Å². The number of nitrogen functional groups attached to an aromatic ring is 1. The second kappa shape index (κ2) is 5.30. The molecule has 6 heteroatoms. The number of anilines is 1. The van der Waals surface area contributed by atoms with Crippen LogP contribution in [0.5, 0.6) is 0 Å². The van der Waals surface area contributed by atoms with Crippen LogP contribution in [-0.2, 0) is 15.6 Å². The van der Waals surface area contributed by atoms with Crippen molar-refractivity contribution in [2.75, 3.05) is 5.73 Å². The van der Waals surface area contributed by atoms with Gasteiger partial charge in [0.2, 0.25) is 0 Å². The van der Waals surface area contributed by atoms with Crippen molar-refractivity contribution >= 4 is 31.5 Å². The first-order chi connectivity index (χ1) is 8.90. The molecule has 0 aliphatic rings. The smallest absolute Gasteiger partial charge is 0.182 e. The van der Waals surface area contributed by atoms with Gasteiger partial charge in [-0.05, 0) is 30.3 Å². The second-order valence-corrected chi connectivity index (χ2v) is 6.87. The molecule has 0 unspecified atom stereocenters. The quantitative estimate of drug-likeness (QED) is 0.871. The van der Waals surface area contributed by atoms with Gasteiger partial charge in [-0.2, -0.15) is 0 Å². The molecule has 0 heterocycles. The Hall–Kier alpha value is -1.40. The van der Waals surface area contributed by atoms with E-state index in [2.05, 4.69) is 15.9 Å². The molecule has 0 saturated carbocycles. The Morgan fingerprint density at radius 2 is 1.84 bits per heavy atom. The number of hydrogen-bond donors (Lipinski definition) is 1. The Morgan fingerprint density at radius 1 is 1.16 bits per heavy atom. The summed E-state index contributed by atoms with van der Waals surface area (Å²) in [6.45, 7) is 0. The van der Waals surface area contributed by atoms with E-state index >= 15 is 0 Å². The Labute approximate surface area is 119 Å². The Balaban J connectivity index is 2.42. The van der Waals surface area contributed by atoms with Crippen LogP contribution in [0.3, 0.4) is 0 Å². The minimum absolute atomic E-state index is 0.0531. The van der Waals surface area contributed by atoms with E-state index in [4.69, 9.17) is 5.73 Å². The molecular weight excluding hydrogens is 333 g/mol. The van der Waals surface area contributed by atoms with E-state index in [1.807, 2.05) is 0 Å². The van der Waals surface area contributed by atoms with Gasteiger partial charge in [0, 0.05) is 15.7 Å². The Kier molecular flexibility index (Phi) is 3.91. The van der Waals surface area contributed by atoms with Gasteiger partial charge in [-0.1, -0.05) is 28.1 Å². The standard InChI is InChI=1S/C13H11BrFNO2S/c14-12-5-2-6-13(16)11(12)8-19(17,18)10-4-1-3-9(15)7-10/h1-7H,8,16H2. The number of halogens is 2. The summed E-state index contributed by atoms with van der Waals surface area (Å²) in [4.78, 5) is -0.0531. The van der Waals surface area contributed by atoms with Gasteiger partial charge >= 0.3 is 0 Å². The lowest BCUT2D eigenvalue weighted by atomic mass is 10.2. The molecule has 0 atom stereocenters. The molecule has 0 aromatic heterocycles. The van der Waals surface area contributed by atoms with Crippen LogP contribution in [0.4, 0.5) is 10.1 Å². The third kappa shape index (κ3) is 3.13. The summed E-state index contributed by atoms with van der Waals surface area (Å²) < 4.78 is 38.1. The van der Waals surface area contributed by atoms with E-state index in [-0.39, 0.29) is 10.6 Å². The molecule has 0 aliphatic carbocycles. The van der Waals surface area contributed by atoms with E-state index < -0.39 is 15.7 Å². The van der Waals surface area contributed by atoms with E-state index in [1.165, 1.54) is 18.2 Å². The highest BCUT2D eigenvalue weighted by Gasteiger charge is 2.19. The normalized spacial score (nSPS) is 11.5. The van der Waals surface area contributed by atoms with Gasteiger partial charge < -0.3 is 5.73 Å². The summed E-state index contributed by atoms with van der Waals surface area (Å²) in [5, 5.41) is 0. The first-order valence-electron chi connectivity index (χ1n) is 5.41. The molecule has 0 amide bonds. The number of benzene rings is 2. The zero-order valence-corrected chi connectivity index (χ0v) is 12.2. The van der Waals surface area contributed by atoms with Crippen molar-refractivity contribution in [2.45, 2.75) is 10.6 Å². The minimum atomic E-state index is -3.63. The summed E-state index contributed by atoms with van der Waals surface area (Å²) >= 11 is 3.27. The highest BCUT2D eigenvalue weighted by molar-refractivity contribution is 9.10. The summed E-state index contributed by atoms with van der Waals surface area (Å²) in [7, 11) is -3.63. The summed E-state index contributed by atoms with van der Waals surface area (Å²) in [6.07, 6.45) is 0. The lowest BCUT2D eigenvalue weighted by molar-refractivity contribution is 0.590. The van der Waals surface area contributed by atoms with Crippen molar-refractivity contribution in [3.63, 3.8) is 0 Å². The van der Waals surface area contributed by atoms with Gasteiger partial charge in [0.15, 0.2) is 9.84 Å². The highest BCUT2D eigenvalue weighted by Crippen LogP contribution is 2.27. The fourth-order valence-electron chi connectivity index (χ4n) is 1.66. The van der Waals surface area contributed by atoms with E-state index in [0.29, 0.717) is 15.7 Å². The fraction of sp³-hybridized carbons (Fsp3) is 0.0769. The molecule has 0 aliphatic heterocycles. The van der Waals surface area contributed by atoms with Gasteiger partial charge in [0.25, 0.3) is 0 Å². The molecule has 2 rings (SSSR count). The molecule has 0 bridgehead atoms. The summed E-state index contributed by atoms with van der Waals surface area (Å²) in [6, 6.07) is 10.00. The van der Waals surface area contributed by atoms with Crippen LogP contribution in [0.2, 0.25) is 0 Å².